The van der Waals surface area contributed by atoms with Gasteiger partial charge in [0.2, 0.25) is 11.8 Å². The van der Waals surface area contributed by atoms with Gasteiger partial charge in [0.25, 0.3) is 5.91 Å². The average molecular weight is 467 g/mol. The maximum Gasteiger partial charge on any atom is 0.273 e. The lowest BCUT2D eigenvalue weighted by atomic mass is 10.1. The molecular weight excluding hydrogens is 450 g/mol. The number of benzene rings is 2. The van der Waals surface area contributed by atoms with E-state index in [-0.39, 0.29) is 24.3 Å². The molecule has 0 atom stereocenters. The summed E-state index contributed by atoms with van der Waals surface area (Å²) in [5.74, 6) is -5.98. The summed E-state index contributed by atoms with van der Waals surface area (Å²) in [7, 11) is 0. The highest BCUT2D eigenvalue weighted by Gasteiger charge is 2.32. The number of carbonyl (C=O) groups is 3. The van der Waals surface area contributed by atoms with Crippen molar-refractivity contribution in [2.45, 2.75) is 33.3 Å². The van der Waals surface area contributed by atoms with Crippen LogP contribution in [0.3, 0.4) is 0 Å². The molecule has 31 heavy (non-hydrogen) atoms. The molecule has 0 aliphatic carbocycles. The van der Waals surface area contributed by atoms with Gasteiger partial charge >= 0.3 is 0 Å². The molecule has 0 aliphatic rings. The maximum atomic E-state index is 15.0. The van der Waals surface area contributed by atoms with E-state index in [2.05, 4.69) is 4.98 Å². The van der Waals surface area contributed by atoms with Crippen LogP contribution in [0.4, 0.5) is 8.78 Å². The quantitative estimate of drug-likeness (QED) is 0.503. The molecule has 3 rings (SSSR count). The minimum absolute atomic E-state index is 0.140. The second-order valence-electron chi connectivity index (χ2n) is 6.38. The number of amides is 3. The van der Waals surface area contributed by atoms with E-state index in [4.69, 9.17) is 16.3 Å². The molecular formula is C21H17ClF2N2O4S. The third-order valence-electron chi connectivity index (χ3n) is 4.32. The van der Waals surface area contributed by atoms with E-state index in [1.807, 2.05) is 0 Å². The third-order valence-corrected chi connectivity index (χ3v) is 5.57. The number of halogens is 3. The molecule has 0 bridgehead atoms. The second kappa shape index (κ2) is 9.49. The lowest BCUT2D eigenvalue weighted by molar-refractivity contribution is -0.140. The Balaban J connectivity index is 1.89. The van der Waals surface area contributed by atoms with Crippen LogP contribution in [0.1, 0.15) is 42.1 Å². The van der Waals surface area contributed by atoms with Gasteiger partial charge in [-0.05, 0) is 30.3 Å². The van der Waals surface area contributed by atoms with Gasteiger partial charge in [-0.15, -0.1) is 11.3 Å². The Morgan fingerprint density at radius 2 is 1.77 bits per heavy atom. The Kier molecular flexibility index (Phi) is 6.97. The fraction of sp³-hybridized carbons (Fsp3) is 0.238. The van der Waals surface area contributed by atoms with Crippen molar-refractivity contribution in [1.82, 2.24) is 9.88 Å². The lowest BCUT2D eigenvalue weighted by Crippen LogP contribution is -2.42. The normalized spacial score (nSPS) is 10.9. The van der Waals surface area contributed by atoms with Crippen molar-refractivity contribution in [3.8, 4) is 5.75 Å². The van der Waals surface area contributed by atoms with Crippen molar-refractivity contribution in [1.29, 1.82) is 0 Å². The standard InChI is InChI=1S/C21H17ClF2N2O4S/c1-3-17(27)26(18(28)4-2)21(29)19-12(23)6-7-14(20(19)24)30-10-16-25-13-9-11(22)5-8-15(13)31-16/h5-9H,3-4,10H2,1-2H3. The van der Waals surface area contributed by atoms with Gasteiger partial charge in [-0.3, -0.25) is 14.4 Å². The van der Waals surface area contributed by atoms with Crippen molar-refractivity contribution in [3.63, 3.8) is 0 Å². The molecule has 2 aromatic carbocycles. The highest BCUT2D eigenvalue weighted by Crippen LogP contribution is 2.28. The smallest absolute Gasteiger partial charge is 0.273 e. The molecule has 0 saturated heterocycles. The lowest BCUT2D eigenvalue weighted by Gasteiger charge is -2.19. The molecule has 0 unspecified atom stereocenters. The van der Waals surface area contributed by atoms with E-state index in [0.717, 1.165) is 16.8 Å². The summed E-state index contributed by atoms with van der Waals surface area (Å²) >= 11 is 7.25. The number of aromatic nitrogens is 1. The zero-order valence-corrected chi connectivity index (χ0v) is 18.2. The Morgan fingerprint density at radius 1 is 1.10 bits per heavy atom. The van der Waals surface area contributed by atoms with Crippen molar-refractivity contribution in [3.05, 3.63) is 57.6 Å². The molecule has 162 valence electrons. The molecule has 1 aromatic heterocycles. The SMILES string of the molecule is CCC(=O)N(C(=O)CC)C(=O)c1c(F)ccc(OCc2nc3cc(Cl)ccc3s2)c1F. The number of carbonyl (C=O) groups excluding carboxylic acids is 3. The molecule has 1 heterocycles. The van der Waals surface area contributed by atoms with Crippen molar-refractivity contribution < 1.29 is 27.9 Å². The third kappa shape index (κ3) is 4.72. The van der Waals surface area contributed by atoms with Gasteiger partial charge in [-0.25, -0.2) is 18.7 Å². The Hall–Kier alpha value is -2.91. The first-order chi connectivity index (χ1) is 14.8. The van der Waals surface area contributed by atoms with Gasteiger partial charge in [-0.1, -0.05) is 25.4 Å². The molecule has 3 amide bonds. The predicted octanol–water partition coefficient (Wildman–Crippen LogP) is 5.12. The molecule has 0 N–H and O–H groups in total. The van der Waals surface area contributed by atoms with Gasteiger partial charge in [0.05, 0.1) is 10.2 Å². The number of ether oxygens (including phenoxy) is 1. The number of imide groups is 3. The monoisotopic (exact) mass is 466 g/mol. The van der Waals surface area contributed by atoms with Crippen LogP contribution in [-0.2, 0) is 16.2 Å². The number of rotatable bonds is 6. The van der Waals surface area contributed by atoms with Gasteiger partial charge in [0, 0.05) is 17.9 Å². The number of nitrogens with zero attached hydrogens (tertiary/aromatic N) is 2. The van der Waals surface area contributed by atoms with Crippen molar-refractivity contribution >= 4 is 50.9 Å². The summed E-state index contributed by atoms with van der Waals surface area (Å²) in [5, 5.41) is 1.03. The van der Waals surface area contributed by atoms with E-state index in [9.17, 15) is 23.2 Å². The maximum absolute atomic E-state index is 15.0. The first kappa shape index (κ1) is 22.8. The molecule has 0 spiro atoms. The van der Waals surface area contributed by atoms with Crippen molar-refractivity contribution in [2.75, 3.05) is 0 Å². The molecule has 0 fully saturated rings. The largest absolute Gasteiger partial charge is 0.483 e. The molecule has 0 aliphatic heterocycles. The summed E-state index contributed by atoms with van der Waals surface area (Å²) in [6.45, 7) is 2.73. The zero-order valence-electron chi connectivity index (χ0n) is 16.6. The summed E-state index contributed by atoms with van der Waals surface area (Å²) < 4.78 is 35.6. The summed E-state index contributed by atoms with van der Waals surface area (Å²) in [5.41, 5.74) is -0.379. The van der Waals surface area contributed by atoms with Crippen LogP contribution in [-0.4, -0.2) is 27.6 Å². The first-order valence-electron chi connectivity index (χ1n) is 9.32. The molecule has 10 heteroatoms. The minimum atomic E-state index is -1.37. The average Bonchev–Trinajstić information content (AvgIpc) is 3.14. The van der Waals surface area contributed by atoms with E-state index in [1.165, 1.54) is 25.2 Å². The molecule has 0 saturated carbocycles. The zero-order chi connectivity index (χ0) is 22.7. The highest BCUT2D eigenvalue weighted by atomic mass is 35.5. The van der Waals surface area contributed by atoms with E-state index in [0.29, 0.717) is 15.5 Å². The van der Waals surface area contributed by atoms with Crippen LogP contribution < -0.4 is 4.74 Å². The van der Waals surface area contributed by atoms with E-state index in [1.54, 1.807) is 18.2 Å². The molecule has 6 nitrogen and oxygen atoms in total. The number of fused-ring (bicyclic) bond motifs is 1. The van der Waals surface area contributed by atoms with E-state index >= 15 is 0 Å². The summed E-state index contributed by atoms with van der Waals surface area (Å²) in [4.78, 5) is 41.4. The predicted molar refractivity (Wildman–Crippen MR) is 112 cm³/mol. The second-order valence-corrected chi connectivity index (χ2v) is 7.93. The van der Waals surface area contributed by atoms with Crippen LogP contribution in [0, 0.1) is 11.6 Å². The van der Waals surface area contributed by atoms with Crippen LogP contribution in [0.2, 0.25) is 5.02 Å². The molecule has 3 aromatic rings. The van der Waals surface area contributed by atoms with Crippen LogP contribution >= 0.6 is 22.9 Å². The van der Waals surface area contributed by atoms with Gasteiger partial charge in [0.15, 0.2) is 11.6 Å². The minimum Gasteiger partial charge on any atom is -0.483 e. The van der Waals surface area contributed by atoms with E-state index < -0.39 is 40.7 Å². The summed E-state index contributed by atoms with van der Waals surface area (Å²) in [6.07, 6.45) is -0.364. The van der Waals surface area contributed by atoms with Crippen LogP contribution in [0.5, 0.6) is 5.75 Å². The van der Waals surface area contributed by atoms with Gasteiger partial charge in [0.1, 0.15) is 23.0 Å². The highest BCUT2D eigenvalue weighted by molar-refractivity contribution is 7.18. The van der Waals surface area contributed by atoms with Crippen LogP contribution in [0.25, 0.3) is 10.2 Å². The first-order valence-corrected chi connectivity index (χ1v) is 10.5. The summed E-state index contributed by atoms with van der Waals surface area (Å²) in [6, 6.07) is 7.05. The van der Waals surface area contributed by atoms with Gasteiger partial charge < -0.3 is 4.74 Å². The number of hydrogen-bond donors (Lipinski definition) is 0. The fourth-order valence-corrected chi connectivity index (χ4v) is 3.81. The van der Waals surface area contributed by atoms with Gasteiger partial charge in [-0.2, -0.15) is 0 Å². The number of hydrogen-bond acceptors (Lipinski definition) is 6. The topological polar surface area (TPSA) is 76.6 Å². The Labute approximate surface area is 185 Å². The Bertz CT molecular complexity index is 1170. The van der Waals surface area contributed by atoms with Crippen LogP contribution in [0.15, 0.2) is 30.3 Å². The molecule has 0 radical (unpaired) electrons. The number of thiazole rings is 1. The fourth-order valence-electron chi connectivity index (χ4n) is 2.78. The Morgan fingerprint density at radius 3 is 2.42 bits per heavy atom. The van der Waals surface area contributed by atoms with Crippen molar-refractivity contribution in [2.24, 2.45) is 0 Å².